The van der Waals surface area contributed by atoms with Crippen LogP contribution in [-0.4, -0.2) is 72.3 Å². The number of rotatable bonds is 9. The second-order valence-electron chi connectivity index (χ2n) is 9.69. The first-order valence-corrected chi connectivity index (χ1v) is 14.1. The van der Waals surface area contributed by atoms with E-state index in [-0.39, 0.29) is 23.6 Å². The number of hydrogen-bond donors (Lipinski definition) is 2. The number of pyridine rings is 1. The molecular weight excluding hydrogens is 504 g/mol. The SMILES string of the molecule is O=C(NCCCN1CCN(C(c2ccc(F)cc2)c2ccc(F)cc2)CC1)C1(c2cccnc2)NCCS1. The normalized spacial score (nSPS) is 20.6. The first kappa shape index (κ1) is 26.7. The van der Waals surface area contributed by atoms with Crippen molar-refractivity contribution in [2.24, 2.45) is 0 Å². The van der Waals surface area contributed by atoms with Crippen molar-refractivity contribution in [2.75, 3.05) is 51.6 Å². The minimum atomic E-state index is -0.768. The Morgan fingerprint density at radius 2 is 1.66 bits per heavy atom. The number of amides is 1. The van der Waals surface area contributed by atoms with E-state index < -0.39 is 4.87 Å². The van der Waals surface area contributed by atoms with Crippen LogP contribution in [0.15, 0.2) is 73.1 Å². The van der Waals surface area contributed by atoms with Crippen LogP contribution in [0.5, 0.6) is 0 Å². The van der Waals surface area contributed by atoms with Crippen molar-refractivity contribution in [2.45, 2.75) is 17.3 Å². The van der Waals surface area contributed by atoms with Crippen molar-refractivity contribution in [3.05, 3.63) is 101 Å². The summed E-state index contributed by atoms with van der Waals surface area (Å²) in [7, 11) is 0. The maximum atomic E-state index is 13.6. The number of nitrogens with one attached hydrogen (secondary N) is 2. The molecule has 2 fully saturated rings. The van der Waals surface area contributed by atoms with Gasteiger partial charge in [-0.1, -0.05) is 30.3 Å². The van der Waals surface area contributed by atoms with Crippen LogP contribution in [0.3, 0.4) is 0 Å². The highest BCUT2D eigenvalue weighted by atomic mass is 32.2. The van der Waals surface area contributed by atoms with Crippen LogP contribution in [0, 0.1) is 11.6 Å². The molecule has 200 valence electrons. The van der Waals surface area contributed by atoms with E-state index in [1.165, 1.54) is 24.3 Å². The van der Waals surface area contributed by atoms with Crippen LogP contribution in [-0.2, 0) is 9.67 Å². The summed E-state index contributed by atoms with van der Waals surface area (Å²) in [4.78, 5) is 21.4. The topological polar surface area (TPSA) is 60.5 Å². The van der Waals surface area contributed by atoms with Gasteiger partial charge in [0.15, 0.2) is 4.87 Å². The van der Waals surface area contributed by atoms with Crippen molar-refractivity contribution in [3.8, 4) is 0 Å². The predicted molar refractivity (Wildman–Crippen MR) is 147 cm³/mol. The smallest absolute Gasteiger partial charge is 0.255 e. The van der Waals surface area contributed by atoms with Gasteiger partial charge in [0.1, 0.15) is 11.6 Å². The van der Waals surface area contributed by atoms with Gasteiger partial charge in [-0.05, 0) is 54.4 Å². The van der Waals surface area contributed by atoms with E-state index in [9.17, 15) is 13.6 Å². The second-order valence-corrected chi connectivity index (χ2v) is 11.0. The van der Waals surface area contributed by atoms with Gasteiger partial charge < -0.3 is 10.2 Å². The standard InChI is InChI=1S/C29H33F2N5OS/c30-25-8-4-22(5-9-25)27(23-6-10-26(31)11-7-23)36-18-16-35(17-19-36)15-2-13-33-28(37)29(34-14-20-38-29)24-3-1-12-32-21-24/h1,3-12,21,27,34H,2,13-20H2,(H,33,37). The first-order chi connectivity index (χ1) is 18.5. The molecule has 2 aromatic carbocycles. The summed E-state index contributed by atoms with van der Waals surface area (Å²) in [6, 6.07) is 16.9. The molecule has 0 spiro atoms. The summed E-state index contributed by atoms with van der Waals surface area (Å²) < 4.78 is 27.2. The van der Waals surface area contributed by atoms with E-state index in [4.69, 9.17) is 0 Å². The molecule has 1 amide bonds. The molecule has 6 nitrogen and oxygen atoms in total. The Labute approximate surface area is 226 Å². The van der Waals surface area contributed by atoms with E-state index in [1.807, 2.05) is 36.4 Å². The highest BCUT2D eigenvalue weighted by Crippen LogP contribution is 2.37. The van der Waals surface area contributed by atoms with Gasteiger partial charge in [0.05, 0.1) is 6.04 Å². The zero-order valence-electron chi connectivity index (χ0n) is 21.3. The Kier molecular flexibility index (Phi) is 8.68. The van der Waals surface area contributed by atoms with Crippen LogP contribution in [0.1, 0.15) is 29.2 Å². The van der Waals surface area contributed by atoms with Crippen molar-refractivity contribution in [3.63, 3.8) is 0 Å². The van der Waals surface area contributed by atoms with Gasteiger partial charge in [0.25, 0.3) is 5.91 Å². The lowest BCUT2D eigenvalue weighted by atomic mass is 9.96. The molecule has 2 aliphatic rings. The Morgan fingerprint density at radius 3 is 2.21 bits per heavy atom. The second kappa shape index (κ2) is 12.3. The average molecular weight is 538 g/mol. The van der Waals surface area contributed by atoms with Gasteiger partial charge in [-0.3, -0.25) is 20.0 Å². The Hall–Kier alpha value is -2.85. The molecule has 2 aliphatic heterocycles. The summed E-state index contributed by atoms with van der Waals surface area (Å²) in [5.41, 5.74) is 2.87. The number of carbonyl (C=O) groups is 1. The molecule has 0 radical (unpaired) electrons. The fraction of sp³-hybridized carbons (Fsp3) is 0.379. The Bertz CT molecular complexity index is 1140. The van der Waals surface area contributed by atoms with Gasteiger partial charge >= 0.3 is 0 Å². The zero-order chi connectivity index (χ0) is 26.4. The number of piperazine rings is 1. The van der Waals surface area contributed by atoms with Crippen LogP contribution < -0.4 is 10.6 Å². The summed E-state index contributed by atoms with van der Waals surface area (Å²) >= 11 is 1.62. The molecule has 0 bridgehead atoms. The van der Waals surface area contributed by atoms with Gasteiger partial charge in [-0.25, -0.2) is 8.78 Å². The Morgan fingerprint density at radius 1 is 1.00 bits per heavy atom. The molecule has 1 atom stereocenters. The lowest BCUT2D eigenvalue weighted by molar-refractivity contribution is -0.124. The zero-order valence-corrected chi connectivity index (χ0v) is 22.1. The minimum Gasteiger partial charge on any atom is -0.353 e. The molecule has 38 heavy (non-hydrogen) atoms. The van der Waals surface area contributed by atoms with Gasteiger partial charge in [-0.15, -0.1) is 11.8 Å². The molecule has 3 aromatic rings. The third kappa shape index (κ3) is 6.07. The van der Waals surface area contributed by atoms with E-state index >= 15 is 0 Å². The summed E-state index contributed by atoms with van der Waals surface area (Å²) in [6.07, 6.45) is 4.34. The van der Waals surface area contributed by atoms with Gasteiger partial charge in [0, 0.05) is 63.0 Å². The fourth-order valence-corrected chi connectivity index (χ4v) is 6.50. The number of hydrogen-bond acceptors (Lipinski definition) is 6. The quantitative estimate of drug-likeness (QED) is 0.406. The molecule has 5 rings (SSSR count). The highest BCUT2D eigenvalue weighted by molar-refractivity contribution is 8.01. The molecule has 2 saturated heterocycles. The number of aromatic nitrogens is 1. The van der Waals surface area contributed by atoms with E-state index in [0.717, 1.165) is 68.1 Å². The van der Waals surface area contributed by atoms with E-state index in [1.54, 1.807) is 24.2 Å². The van der Waals surface area contributed by atoms with Crippen LogP contribution >= 0.6 is 11.8 Å². The first-order valence-electron chi connectivity index (χ1n) is 13.1. The lowest BCUT2D eigenvalue weighted by Gasteiger charge is -2.40. The monoisotopic (exact) mass is 537 g/mol. The molecule has 9 heteroatoms. The number of nitrogens with zero attached hydrogens (tertiary/aromatic N) is 3. The maximum absolute atomic E-state index is 13.6. The van der Waals surface area contributed by atoms with E-state index in [0.29, 0.717) is 6.54 Å². The largest absolute Gasteiger partial charge is 0.353 e. The van der Waals surface area contributed by atoms with Crippen molar-refractivity contribution in [1.82, 2.24) is 25.4 Å². The molecule has 0 aliphatic carbocycles. The Balaban J connectivity index is 1.13. The summed E-state index contributed by atoms with van der Waals surface area (Å²) in [5.74, 6) is 0.331. The van der Waals surface area contributed by atoms with Crippen LogP contribution in [0.25, 0.3) is 0 Å². The molecule has 3 heterocycles. The number of carbonyl (C=O) groups excluding carboxylic acids is 1. The number of benzene rings is 2. The van der Waals surface area contributed by atoms with Gasteiger partial charge in [-0.2, -0.15) is 0 Å². The summed E-state index contributed by atoms with van der Waals surface area (Å²) in [6.45, 7) is 5.76. The fourth-order valence-electron chi connectivity index (χ4n) is 5.29. The summed E-state index contributed by atoms with van der Waals surface area (Å²) in [5, 5.41) is 6.51. The molecular formula is C29H33F2N5OS. The molecule has 1 unspecified atom stereocenters. The van der Waals surface area contributed by atoms with Crippen LogP contribution in [0.4, 0.5) is 8.78 Å². The highest BCUT2D eigenvalue weighted by Gasteiger charge is 2.43. The molecule has 0 saturated carbocycles. The molecule has 1 aromatic heterocycles. The van der Waals surface area contributed by atoms with Crippen molar-refractivity contribution < 1.29 is 13.6 Å². The number of thioether (sulfide) groups is 1. The third-order valence-corrected chi connectivity index (χ3v) is 8.67. The minimum absolute atomic E-state index is 0.0146. The van der Waals surface area contributed by atoms with Crippen LogP contribution in [0.2, 0.25) is 0 Å². The van der Waals surface area contributed by atoms with Gasteiger partial charge in [0.2, 0.25) is 0 Å². The van der Waals surface area contributed by atoms with Crippen molar-refractivity contribution >= 4 is 17.7 Å². The average Bonchev–Trinajstić information content (AvgIpc) is 3.46. The van der Waals surface area contributed by atoms with Crippen molar-refractivity contribution in [1.29, 1.82) is 0 Å². The lowest BCUT2D eigenvalue weighted by Crippen LogP contribution is -2.50. The maximum Gasteiger partial charge on any atom is 0.255 e. The molecule has 2 N–H and O–H groups in total. The predicted octanol–water partition coefficient (Wildman–Crippen LogP) is 3.76. The number of halogens is 2. The third-order valence-electron chi connectivity index (χ3n) is 7.26. The van der Waals surface area contributed by atoms with E-state index in [2.05, 4.69) is 25.4 Å².